The van der Waals surface area contributed by atoms with E-state index in [4.69, 9.17) is 0 Å². The standard InChI is InChI=1S/C17H22N2/c1-13-6-8-14(9-7-13)12-19-17-10-11-18-16-5-3-2-4-15(16)17/h2-5,10-11,13-14H,6-9,12H2,1H3,(H,18,19). The van der Waals surface area contributed by atoms with E-state index in [9.17, 15) is 0 Å². The summed E-state index contributed by atoms with van der Waals surface area (Å²) < 4.78 is 0. The average molecular weight is 254 g/mol. The second kappa shape index (κ2) is 5.60. The molecular weight excluding hydrogens is 232 g/mol. The molecule has 0 unspecified atom stereocenters. The predicted octanol–water partition coefficient (Wildman–Crippen LogP) is 4.47. The number of hydrogen-bond acceptors (Lipinski definition) is 2. The van der Waals surface area contributed by atoms with Gasteiger partial charge < -0.3 is 5.32 Å². The summed E-state index contributed by atoms with van der Waals surface area (Å²) >= 11 is 0. The van der Waals surface area contributed by atoms with Crippen molar-refractivity contribution >= 4 is 16.6 Å². The van der Waals surface area contributed by atoms with Crippen molar-refractivity contribution in [2.24, 2.45) is 11.8 Å². The molecule has 1 aliphatic carbocycles. The number of nitrogens with zero attached hydrogens (tertiary/aromatic N) is 1. The molecule has 1 aromatic heterocycles. The zero-order valence-corrected chi connectivity index (χ0v) is 11.6. The van der Waals surface area contributed by atoms with Gasteiger partial charge in [0.25, 0.3) is 0 Å². The molecule has 100 valence electrons. The lowest BCUT2D eigenvalue weighted by Gasteiger charge is -2.26. The summed E-state index contributed by atoms with van der Waals surface area (Å²) in [5.74, 6) is 1.76. The fraction of sp³-hybridized carbons (Fsp3) is 0.471. The number of para-hydroxylation sites is 1. The number of pyridine rings is 1. The minimum Gasteiger partial charge on any atom is -0.384 e. The van der Waals surface area contributed by atoms with Crippen LogP contribution in [0.4, 0.5) is 5.69 Å². The van der Waals surface area contributed by atoms with Crippen LogP contribution in [0.3, 0.4) is 0 Å². The highest BCUT2D eigenvalue weighted by Crippen LogP contribution is 2.29. The molecule has 2 nitrogen and oxygen atoms in total. The minimum absolute atomic E-state index is 0.836. The van der Waals surface area contributed by atoms with Crippen LogP contribution in [0.5, 0.6) is 0 Å². The Labute approximate surface area is 115 Å². The van der Waals surface area contributed by atoms with E-state index in [1.54, 1.807) is 0 Å². The summed E-state index contributed by atoms with van der Waals surface area (Å²) in [6.07, 6.45) is 7.43. The van der Waals surface area contributed by atoms with E-state index in [1.165, 1.54) is 36.8 Å². The van der Waals surface area contributed by atoms with Crippen LogP contribution in [0.15, 0.2) is 36.5 Å². The lowest BCUT2D eigenvalue weighted by Crippen LogP contribution is -2.20. The minimum atomic E-state index is 0.836. The normalized spacial score (nSPS) is 23.4. The molecule has 0 spiro atoms. The molecule has 1 N–H and O–H groups in total. The fourth-order valence-electron chi connectivity index (χ4n) is 3.04. The maximum atomic E-state index is 4.41. The third-order valence-electron chi connectivity index (χ3n) is 4.37. The third kappa shape index (κ3) is 2.89. The molecule has 0 saturated heterocycles. The van der Waals surface area contributed by atoms with Crippen LogP contribution in [0.1, 0.15) is 32.6 Å². The summed E-state index contributed by atoms with van der Waals surface area (Å²) in [4.78, 5) is 4.41. The molecule has 1 aliphatic rings. The topological polar surface area (TPSA) is 24.9 Å². The second-order valence-corrected chi connectivity index (χ2v) is 5.88. The van der Waals surface area contributed by atoms with Crippen LogP contribution >= 0.6 is 0 Å². The Hall–Kier alpha value is -1.57. The van der Waals surface area contributed by atoms with Gasteiger partial charge in [0.1, 0.15) is 0 Å². The van der Waals surface area contributed by atoms with Gasteiger partial charge in [0, 0.05) is 23.8 Å². The average Bonchev–Trinajstić information content (AvgIpc) is 2.47. The molecule has 0 radical (unpaired) electrons. The first kappa shape index (κ1) is 12.5. The quantitative estimate of drug-likeness (QED) is 0.874. The smallest absolute Gasteiger partial charge is 0.0722 e. The van der Waals surface area contributed by atoms with Gasteiger partial charge in [-0.3, -0.25) is 4.98 Å². The summed E-state index contributed by atoms with van der Waals surface area (Å²) in [7, 11) is 0. The molecule has 0 aliphatic heterocycles. The van der Waals surface area contributed by atoms with E-state index in [-0.39, 0.29) is 0 Å². The van der Waals surface area contributed by atoms with Gasteiger partial charge in [-0.2, -0.15) is 0 Å². The number of anilines is 1. The summed E-state index contributed by atoms with van der Waals surface area (Å²) in [6.45, 7) is 3.47. The maximum absolute atomic E-state index is 4.41. The molecule has 2 heteroatoms. The van der Waals surface area contributed by atoms with Crippen molar-refractivity contribution in [1.29, 1.82) is 0 Å². The van der Waals surface area contributed by atoms with E-state index in [1.807, 2.05) is 12.3 Å². The Balaban J connectivity index is 1.68. The van der Waals surface area contributed by atoms with E-state index in [0.717, 1.165) is 23.9 Å². The number of benzene rings is 1. The van der Waals surface area contributed by atoms with Crippen LogP contribution in [0, 0.1) is 11.8 Å². The summed E-state index contributed by atoms with van der Waals surface area (Å²) in [5, 5.41) is 4.86. The summed E-state index contributed by atoms with van der Waals surface area (Å²) in [5.41, 5.74) is 2.30. The van der Waals surface area contributed by atoms with Crippen molar-refractivity contribution in [3.63, 3.8) is 0 Å². The van der Waals surface area contributed by atoms with Crippen LogP contribution < -0.4 is 5.32 Å². The van der Waals surface area contributed by atoms with Crippen LogP contribution in [-0.2, 0) is 0 Å². The first-order valence-corrected chi connectivity index (χ1v) is 7.40. The van der Waals surface area contributed by atoms with Gasteiger partial charge in [-0.05, 0) is 36.8 Å². The number of fused-ring (bicyclic) bond motifs is 1. The third-order valence-corrected chi connectivity index (χ3v) is 4.37. The second-order valence-electron chi connectivity index (χ2n) is 5.88. The lowest BCUT2D eigenvalue weighted by molar-refractivity contribution is 0.300. The van der Waals surface area contributed by atoms with Gasteiger partial charge in [-0.1, -0.05) is 38.0 Å². The van der Waals surface area contributed by atoms with E-state index >= 15 is 0 Å². The highest BCUT2D eigenvalue weighted by Gasteiger charge is 2.17. The number of hydrogen-bond donors (Lipinski definition) is 1. The number of nitrogens with one attached hydrogen (secondary N) is 1. The van der Waals surface area contributed by atoms with E-state index < -0.39 is 0 Å². The van der Waals surface area contributed by atoms with Crippen LogP contribution in [0.25, 0.3) is 10.9 Å². The van der Waals surface area contributed by atoms with Crippen molar-refractivity contribution in [1.82, 2.24) is 4.98 Å². The Morgan fingerprint density at radius 2 is 1.89 bits per heavy atom. The van der Waals surface area contributed by atoms with Crippen molar-refractivity contribution in [2.45, 2.75) is 32.6 Å². The largest absolute Gasteiger partial charge is 0.384 e. The molecule has 0 amide bonds. The predicted molar refractivity (Wildman–Crippen MR) is 81.4 cm³/mol. The van der Waals surface area contributed by atoms with Gasteiger partial charge in [-0.15, -0.1) is 0 Å². The fourth-order valence-corrected chi connectivity index (χ4v) is 3.04. The molecule has 19 heavy (non-hydrogen) atoms. The SMILES string of the molecule is CC1CCC(CNc2ccnc3ccccc23)CC1. The zero-order chi connectivity index (χ0) is 13.1. The van der Waals surface area contributed by atoms with Crippen molar-refractivity contribution in [3.8, 4) is 0 Å². The Morgan fingerprint density at radius 1 is 1.11 bits per heavy atom. The molecule has 0 atom stereocenters. The van der Waals surface area contributed by atoms with Gasteiger partial charge in [0.05, 0.1) is 5.52 Å². The molecule has 1 heterocycles. The van der Waals surface area contributed by atoms with Crippen LogP contribution in [-0.4, -0.2) is 11.5 Å². The monoisotopic (exact) mass is 254 g/mol. The number of aromatic nitrogens is 1. The highest BCUT2D eigenvalue weighted by molar-refractivity contribution is 5.90. The molecule has 3 rings (SSSR count). The van der Waals surface area contributed by atoms with Gasteiger partial charge in [0.2, 0.25) is 0 Å². The number of rotatable bonds is 3. The van der Waals surface area contributed by atoms with Crippen molar-refractivity contribution in [2.75, 3.05) is 11.9 Å². The van der Waals surface area contributed by atoms with Gasteiger partial charge >= 0.3 is 0 Å². The van der Waals surface area contributed by atoms with Gasteiger partial charge in [-0.25, -0.2) is 0 Å². The van der Waals surface area contributed by atoms with Crippen molar-refractivity contribution in [3.05, 3.63) is 36.5 Å². The molecule has 1 saturated carbocycles. The first-order valence-electron chi connectivity index (χ1n) is 7.40. The Bertz CT molecular complexity index is 536. The maximum Gasteiger partial charge on any atom is 0.0722 e. The molecular formula is C17H22N2. The Kier molecular flexibility index (Phi) is 3.67. The lowest BCUT2D eigenvalue weighted by atomic mass is 9.83. The van der Waals surface area contributed by atoms with Crippen molar-refractivity contribution < 1.29 is 0 Å². The van der Waals surface area contributed by atoms with E-state index in [0.29, 0.717) is 0 Å². The Morgan fingerprint density at radius 3 is 2.74 bits per heavy atom. The van der Waals surface area contributed by atoms with Crippen LogP contribution in [0.2, 0.25) is 0 Å². The molecule has 1 aromatic carbocycles. The van der Waals surface area contributed by atoms with Gasteiger partial charge in [0.15, 0.2) is 0 Å². The van der Waals surface area contributed by atoms with E-state index in [2.05, 4.69) is 41.5 Å². The molecule has 1 fully saturated rings. The molecule has 2 aromatic rings. The highest BCUT2D eigenvalue weighted by atomic mass is 14.9. The summed E-state index contributed by atoms with van der Waals surface area (Å²) in [6, 6.07) is 10.4. The first-order chi connectivity index (χ1) is 9.33. The molecule has 0 bridgehead atoms. The zero-order valence-electron chi connectivity index (χ0n) is 11.6.